The van der Waals surface area contributed by atoms with Gasteiger partial charge in [0.25, 0.3) is 0 Å². The number of carbonyl (C=O) groups excluding carboxylic acids is 4. The van der Waals surface area contributed by atoms with Gasteiger partial charge in [-0.25, -0.2) is 0 Å². The molecule has 0 radical (unpaired) electrons. The monoisotopic (exact) mass is 474 g/mol. The fraction of sp³-hybridized carbons (Fsp3) is 0.273. The van der Waals surface area contributed by atoms with Crippen LogP contribution in [0.3, 0.4) is 0 Å². The van der Waals surface area contributed by atoms with Crippen LogP contribution in [-0.2, 0) is 19.1 Å². The second-order valence-corrected chi connectivity index (χ2v) is 8.22. The molecule has 2 heterocycles. The third kappa shape index (κ3) is 7.61. The summed E-state index contributed by atoms with van der Waals surface area (Å²) in [5.74, 6) is -2.43. The molecule has 0 unspecified atom stereocenters. The molecule has 0 amide bonds. The zero-order valence-electron chi connectivity index (χ0n) is 17.6. The van der Waals surface area contributed by atoms with Gasteiger partial charge in [-0.1, -0.05) is 0 Å². The van der Waals surface area contributed by atoms with Crippen molar-refractivity contribution in [1.29, 1.82) is 0 Å². The quantitative estimate of drug-likeness (QED) is 0.149. The summed E-state index contributed by atoms with van der Waals surface area (Å²) in [5, 5.41) is 0. The van der Waals surface area contributed by atoms with Gasteiger partial charge in [-0.2, -0.15) is 0 Å². The van der Waals surface area contributed by atoms with Crippen LogP contribution in [-0.4, -0.2) is 58.2 Å². The Morgan fingerprint density at radius 2 is 1.22 bits per heavy atom. The van der Waals surface area contributed by atoms with Crippen LogP contribution < -0.4 is 0 Å². The maximum atomic E-state index is 13.3. The van der Waals surface area contributed by atoms with E-state index >= 15 is 0 Å². The summed E-state index contributed by atoms with van der Waals surface area (Å²) in [4.78, 5) is 58.5. The molecule has 0 fully saturated rings. The molecule has 0 saturated heterocycles. The van der Waals surface area contributed by atoms with Crippen LogP contribution in [0.15, 0.2) is 58.9 Å². The lowest BCUT2D eigenvalue weighted by atomic mass is 9.99. The first kappa shape index (κ1) is 25.3. The van der Waals surface area contributed by atoms with Crippen LogP contribution in [0.5, 0.6) is 0 Å². The number of ketones is 2. The lowest BCUT2D eigenvalue weighted by Gasteiger charge is -2.13. The summed E-state index contributed by atoms with van der Waals surface area (Å²) >= 11 is 1.92. The van der Waals surface area contributed by atoms with Gasteiger partial charge in [-0.3, -0.25) is 29.1 Å². The predicted octanol–water partition coefficient (Wildman–Crippen LogP) is 3.35. The largest absolute Gasteiger partial charge is 0.465 e. The minimum absolute atomic E-state index is 0.136. The molecule has 2 aromatic heterocycles. The standard InChI is InChI=1S/C22H22N2O6S2/c1-3-29-17(25)13-31-22(32-14-18(26)30-4-2)19(20(27)15-7-5-9-23-11-15)21(28)16-8-6-10-24-12-16/h5-12H,3-4,13-14H2,1-2H3. The summed E-state index contributed by atoms with van der Waals surface area (Å²) in [5.41, 5.74) is 0.228. The fourth-order valence-corrected chi connectivity index (χ4v) is 4.42. The molecule has 0 aliphatic rings. The third-order valence-corrected chi connectivity index (χ3v) is 6.16. The number of carbonyl (C=O) groups is 4. The predicted molar refractivity (Wildman–Crippen MR) is 122 cm³/mol. The molecular formula is C22H22N2O6S2. The second kappa shape index (κ2) is 13.4. The van der Waals surface area contributed by atoms with Crippen molar-refractivity contribution >= 4 is 47.0 Å². The second-order valence-electron chi connectivity index (χ2n) is 5.99. The number of allylic oxidation sites excluding steroid dienone is 1. The van der Waals surface area contributed by atoms with E-state index in [1.165, 1.54) is 36.9 Å². The summed E-state index contributed by atoms with van der Waals surface area (Å²) < 4.78 is 10.1. The van der Waals surface area contributed by atoms with Crippen LogP contribution in [0.2, 0.25) is 0 Å². The van der Waals surface area contributed by atoms with Gasteiger partial charge < -0.3 is 9.47 Å². The van der Waals surface area contributed by atoms with Crippen molar-refractivity contribution in [3.63, 3.8) is 0 Å². The maximum absolute atomic E-state index is 13.3. The van der Waals surface area contributed by atoms with E-state index in [1.807, 2.05) is 0 Å². The summed E-state index contributed by atoms with van der Waals surface area (Å²) in [7, 11) is 0. The van der Waals surface area contributed by atoms with Crippen molar-refractivity contribution < 1.29 is 28.7 Å². The van der Waals surface area contributed by atoms with E-state index in [4.69, 9.17) is 9.47 Å². The van der Waals surface area contributed by atoms with E-state index in [-0.39, 0.29) is 45.7 Å². The Balaban J connectivity index is 2.52. The first-order valence-electron chi connectivity index (χ1n) is 9.68. The number of hydrogen-bond donors (Lipinski definition) is 0. The molecule has 0 aliphatic carbocycles. The van der Waals surface area contributed by atoms with Gasteiger partial charge >= 0.3 is 11.9 Å². The van der Waals surface area contributed by atoms with Crippen molar-refractivity contribution in [1.82, 2.24) is 9.97 Å². The highest BCUT2D eigenvalue weighted by atomic mass is 32.2. The van der Waals surface area contributed by atoms with Gasteiger partial charge in [0.15, 0.2) is 11.6 Å². The van der Waals surface area contributed by atoms with E-state index < -0.39 is 23.5 Å². The molecule has 32 heavy (non-hydrogen) atoms. The first-order valence-corrected chi connectivity index (χ1v) is 11.7. The van der Waals surface area contributed by atoms with Gasteiger partial charge in [-0.15, -0.1) is 23.5 Å². The highest BCUT2D eigenvalue weighted by Crippen LogP contribution is 2.35. The molecular weight excluding hydrogens is 452 g/mol. The molecule has 0 saturated carbocycles. The molecule has 0 aliphatic heterocycles. The van der Waals surface area contributed by atoms with Crippen LogP contribution in [0.1, 0.15) is 34.6 Å². The molecule has 10 heteroatoms. The molecule has 8 nitrogen and oxygen atoms in total. The van der Waals surface area contributed by atoms with Gasteiger partial charge in [0.2, 0.25) is 0 Å². The highest BCUT2D eigenvalue weighted by molar-refractivity contribution is 8.22. The summed E-state index contributed by atoms with van der Waals surface area (Å²) in [6.07, 6.45) is 5.72. The molecule has 0 N–H and O–H groups in total. The molecule has 0 aromatic carbocycles. The Bertz CT molecular complexity index is 903. The molecule has 0 bridgehead atoms. The maximum Gasteiger partial charge on any atom is 0.316 e. The minimum atomic E-state index is -0.574. The Morgan fingerprint density at radius 1 is 0.781 bits per heavy atom. The van der Waals surface area contributed by atoms with Crippen LogP contribution in [0, 0.1) is 0 Å². The fourth-order valence-electron chi connectivity index (χ4n) is 2.41. The van der Waals surface area contributed by atoms with Crippen molar-refractivity contribution in [2.24, 2.45) is 0 Å². The highest BCUT2D eigenvalue weighted by Gasteiger charge is 2.27. The SMILES string of the molecule is CCOC(=O)CSC(SCC(=O)OCC)=C(C(=O)c1cccnc1)C(=O)c1cccnc1. The van der Waals surface area contributed by atoms with Crippen molar-refractivity contribution in [2.75, 3.05) is 24.7 Å². The number of hydrogen-bond acceptors (Lipinski definition) is 10. The number of Topliss-reactive ketones (excluding diaryl/α,β-unsaturated/α-hetero) is 2. The van der Waals surface area contributed by atoms with Crippen molar-refractivity contribution in [2.45, 2.75) is 13.8 Å². The van der Waals surface area contributed by atoms with E-state index in [0.717, 1.165) is 23.5 Å². The number of esters is 2. The summed E-state index contributed by atoms with van der Waals surface area (Å²) in [6.45, 7) is 3.76. The van der Waals surface area contributed by atoms with E-state index in [0.29, 0.717) is 0 Å². The van der Waals surface area contributed by atoms with Crippen LogP contribution in [0.4, 0.5) is 0 Å². The number of aromatic nitrogens is 2. The molecule has 2 rings (SSSR count). The first-order chi connectivity index (χ1) is 15.5. The van der Waals surface area contributed by atoms with E-state index in [2.05, 4.69) is 9.97 Å². The lowest BCUT2D eigenvalue weighted by molar-refractivity contribution is -0.140. The number of rotatable bonds is 12. The smallest absolute Gasteiger partial charge is 0.316 e. The van der Waals surface area contributed by atoms with Gasteiger partial charge in [-0.05, 0) is 38.1 Å². The van der Waals surface area contributed by atoms with Crippen molar-refractivity contribution in [3.8, 4) is 0 Å². The molecule has 0 atom stereocenters. The average molecular weight is 475 g/mol. The lowest BCUT2D eigenvalue weighted by Crippen LogP contribution is -2.17. The van der Waals surface area contributed by atoms with Crippen LogP contribution >= 0.6 is 23.5 Å². The number of pyridine rings is 2. The minimum Gasteiger partial charge on any atom is -0.465 e. The topological polar surface area (TPSA) is 113 Å². The number of ether oxygens (including phenoxy) is 2. The Kier molecular flexibility index (Phi) is 10.6. The zero-order valence-corrected chi connectivity index (χ0v) is 19.2. The molecule has 2 aromatic rings. The molecule has 0 spiro atoms. The zero-order chi connectivity index (χ0) is 23.3. The number of thioether (sulfide) groups is 2. The van der Waals surface area contributed by atoms with Gasteiger partial charge in [0.05, 0.1) is 34.5 Å². The third-order valence-electron chi connectivity index (χ3n) is 3.76. The van der Waals surface area contributed by atoms with Gasteiger partial charge in [0, 0.05) is 35.9 Å². The molecule has 168 valence electrons. The Hall–Kier alpha value is -2.98. The van der Waals surface area contributed by atoms with Gasteiger partial charge in [0.1, 0.15) is 0 Å². The number of nitrogens with zero attached hydrogens (tertiary/aromatic N) is 2. The van der Waals surface area contributed by atoms with Crippen molar-refractivity contribution in [3.05, 3.63) is 70.0 Å². The Morgan fingerprint density at radius 3 is 1.56 bits per heavy atom. The normalized spacial score (nSPS) is 10.2. The Labute approximate surface area is 194 Å². The van der Waals surface area contributed by atoms with E-state index in [9.17, 15) is 19.2 Å². The van der Waals surface area contributed by atoms with Crippen LogP contribution in [0.25, 0.3) is 0 Å². The average Bonchev–Trinajstić information content (AvgIpc) is 2.81. The summed E-state index contributed by atoms with van der Waals surface area (Å²) in [6, 6.07) is 6.23. The van der Waals surface area contributed by atoms with E-state index in [1.54, 1.807) is 26.0 Å².